The number of thioether (sulfide) groups is 1. The number of amidine groups is 1. The Labute approximate surface area is 175 Å². The third kappa shape index (κ3) is 3.78. The van der Waals surface area contributed by atoms with Crippen LogP contribution in [-0.2, 0) is 10.3 Å². The molecule has 2 aromatic rings. The van der Waals surface area contributed by atoms with Crippen molar-refractivity contribution in [1.82, 2.24) is 10.1 Å². The van der Waals surface area contributed by atoms with E-state index in [1.165, 1.54) is 0 Å². The van der Waals surface area contributed by atoms with E-state index < -0.39 is 5.54 Å². The molecule has 1 aromatic carbocycles. The van der Waals surface area contributed by atoms with Crippen molar-refractivity contribution in [1.29, 1.82) is 0 Å². The topological polar surface area (TPSA) is 61.8 Å². The maximum absolute atomic E-state index is 12.5. The number of carbonyl (C=O) groups excluding carboxylic acids is 2. The number of aliphatic imine (C=N–C) groups is 1. The smallest absolute Gasteiger partial charge is 0.293 e. The normalized spacial score (nSPS) is 24.8. The van der Waals surface area contributed by atoms with Crippen LogP contribution < -0.4 is 5.32 Å². The molecule has 0 bridgehead atoms. The molecule has 5 nitrogen and oxygen atoms in total. The Hall–Kier alpha value is -1.42. The van der Waals surface area contributed by atoms with Gasteiger partial charge in [-0.25, -0.2) is 4.99 Å². The molecule has 2 aliphatic rings. The van der Waals surface area contributed by atoms with E-state index in [2.05, 4.69) is 27.3 Å². The summed E-state index contributed by atoms with van der Waals surface area (Å²) in [6.45, 7) is 1.42. The van der Waals surface area contributed by atoms with Crippen LogP contribution in [0, 0.1) is 5.92 Å². The fourth-order valence-electron chi connectivity index (χ4n) is 3.54. The van der Waals surface area contributed by atoms with Gasteiger partial charge in [-0.15, -0.1) is 11.3 Å². The number of hydrogen-bond donors (Lipinski definition) is 1. The summed E-state index contributed by atoms with van der Waals surface area (Å²) < 4.78 is 1.02. The van der Waals surface area contributed by atoms with E-state index >= 15 is 0 Å². The molecule has 2 unspecified atom stereocenters. The van der Waals surface area contributed by atoms with Crippen molar-refractivity contribution in [3.63, 3.8) is 0 Å². The summed E-state index contributed by atoms with van der Waals surface area (Å²) in [6, 6.07) is 11.2. The predicted octanol–water partition coefficient (Wildman–Crippen LogP) is 2.98. The molecule has 1 saturated heterocycles. The van der Waals surface area contributed by atoms with Crippen LogP contribution in [0.1, 0.15) is 15.2 Å². The summed E-state index contributed by atoms with van der Waals surface area (Å²) in [6.07, 6.45) is 0.824. The zero-order valence-electron chi connectivity index (χ0n) is 14.3. The number of rotatable bonds is 4. The number of carbonyl (C=O) groups is 2. The quantitative estimate of drug-likeness (QED) is 0.562. The number of hydrogen-bond acceptors (Lipinski definition) is 6. The second-order valence-electron chi connectivity index (χ2n) is 6.51. The first-order valence-electron chi connectivity index (χ1n) is 8.47. The summed E-state index contributed by atoms with van der Waals surface area (Å²) in [5.74, 6) is 0.964. The summed E-state index contributed by atoms with van der Waals surface area (Å²) >= 11 is 6.75. The van der Waals surface area contributed by atoms with Crippen LogP contribution in [0.25, 0.3) is 0 Å². The molecule has 1 N–H and O–H groups in total. The van der Waals surface area contributed by atoms with Crippen molar-refractivity contribution >= 4 is 63.7 Å². The van der Waals surface area contributed by atoms with E-state index in [0.29, 0.717) is 17.3 Å². The lowest BCUT2D eigenvalue weighted by Crippen LogP contribution is -2.42. The number of fused-ring (bicyclic) bond motifs is 1. The zero-order valence-corrected chi connectivity index (χ0v) is 17.5. The van der Waals surface area contributed by atoms with Gasteiger partial charge in [-0.2, -0.15) is 0 Å². The van der Waals surface area contributed by atoms with Crippen molar-refractivity contribution in [3.8, 4) is 0 Å². The Morgan fingerprint density at radius 1 is 1.41 bits per heavy atom. The molecule has 2 aliphatic heterocycles. The minimum absolute atomic E-state index is 0.155. The van der Waals surface area contributed by atoms with E-state index in [1.54, 1.807) is 42.6 Å². The van der Waals surface area contributed by atoms with Crippen LogP contribution in [0.2, 0.25) is 0 Å². The first-order valence-corrected chi connectivity index (χ1v) is 11.1. The number of thiophene rings is 1. The van der Waals surface area contributed by atoms with Gasteiger partial charge in [0.05, 0.1) is 6.19 Å². The first-order chi connectivity index (χ1) is 13.1. The Morgan fingerprint density at radius 3 is 2.93 bits per heavy atom. The number of halogens is 1. The van der Waals surface area contributed by atoms with Crippen LogP contribution >= 0.6 is 39.0 Å². The fourth-order valence-corrected chi connectivity index (χ4v) is 6.32. The van der Waals surface area contributed by atoms with Crippen molar-refractivity contribution in [3.05, 3.63) is 56.7 Å². The van der Waals surface area contributed by atoms with Crippen molar-refractivity contribution in [2.24, 2.45) is 10.9 Å². The molecule has 0 saturated carbocycles. The van der Waals surface area contributed by atoms with E-state index in [0.717, 1.165) is 27.8 Å². The molecule has 27 heavy (non-hydrogen) atoms. The van der Waals surface area contributed by atoms with Gasteiger partial charge < -0.3 is 14.9 Å². The maximum atomic E-state index is 12.5. The molecule has 3 heterocycles. The first kappa shape index (κ1) is 18.9. The van der Waals surface area contributed by atoms with Crippen LogP contribution in [-0.4, -0.2) is 48.3 Å². The summed E-state index contributed by atoms with van der Waals surface area (Å²) in [7, 11) is 1.59. The summed E-state index contributed by atoms with van der Waals surface area (Å²) in [5.41, 5.74) is 0.166. The molecule has 1 amide bonds. The van der Waals surface area contributed by atoms with Gasteiger partial charge in [0, 0.05) is 38.5 Å². The Balaban J connectivity index is 1.65. The second kappa shape index (κ2) is 7.91. The van der Waals surface area contributed by atoms with E-state index in [9.17, 15) is 9.59 Å². The highest BCUT2D eigenvalue weighted by Gasteiger charge is 2.50. The average Bonchev–Trinajstić information content (AvgIpc) is 3.26. The zero-order chi connectivity index (χ0) is 18.9. The predicted molar refractivity (Wildman–Crippen MR) is 115 cm³/mol. The van der Waals surface area contributed by atoms with Crippen LogP contribution in [0.4, 0.5) is 0 Å². The van der Waals surface area contributed by atoms with Gasteiger partial charge in [0.1, 0.15) is 5.54 Å². The molecule has 0 aliphatic carbocycles. The van der Waals surface area contributed by atoms with Crippen molar-refractivity contribution < 1.29 is 9.59 Å². The van der Waals surface area contributed by atoms with Crippen molar-refractivity contribution in [2.75, 3.05) is 18.8 Å². The lowest BCUT2D eigenvalue weighted by Gasteiger charge is -2.34. The molecule has 9 heteroatoms. The second-order valence-corrected chi connectivity index (χ2v) is 9.35. The van der Waals surface area contributed by atoms with E-state index in [1.807, 2.05) is 28.4 Å². The molecular formula is C18H16BBrN3O2S2. The van der Waals surface area contributed by atoms with E-state index in [4.69, 9.17) is 4.99 Å². The fraction of sp³-hybridized carbons (Fsp3) is 0.278. The average molecular weight is 461 g/mol. The van der Waals surface area contributed by atoms with Crippen LogP contribution in [0.15, 0.2) is 51.2 Å². The third-order valence-corrected chi connectivity index (χ3v) is 7.71. The molecule has 137 valence electrons. The van der Waals surface area contributed by atoms with E-state index in [-0.39, 0.29) is 11.8 Å². The van der Waals surface area contributed by atoms with Gasteiger partial charge >= 0.3 is 0 Å². The monoisotopic (exact) mass is 460 g/mol. The van der Waals surface area contributed by atoms with Gasteiger partial charge in [0.25, 0.3) is 13.3 Å². The highest BCUT2D eigenvalue weighted by molar-refractivity contribution is 9.10. The van der Waals surface area contributed by atoms with Gasteiger partial charge in [-0.3, -0.25) is 4.79 Å². The minimum atomic E-state index is -0.444. The third-order valence-electron chi connectivity index (χ3n) is 4.82. The largest absolute Gasteiger partial charge is 0.337 e. The molecule has 1 radical (unpaired) electrons. The number of amides is 1. The molecule has 1 fully saturated rings. The lowest BCUT2D eigenvalue weighted by atomic mass is 9.87. The van der Waals surface area contributed by atoms with Crippen molar-refractivity contribution in [2.45, 2.75) is 5.54 Å². The minimum Gasteiger partial charge on any atom is -0.337 e. The van der Waals surface area contributed by atoms with Gasteiger partial charge in [0.15, 0.2) is 5.17 Å². The molecule has 0 spiro atoms. The van der Waals surface area contributed by atoms with Crippen LogP contribution in [0.5, 0.6) is 0 Å². The lowest BCUT2D eigenvalue weighted by molar-refractivity contribution is 0.0977. The number of nitrogens with zero attached hydrogens (tertiary/aromatic N) is 2. The number of nitrogens with one attached hydrogen (secondary N) is 1. The Bertz CT molecular complexity index is 892. The van der Waals surface area contributed by atoms with Gasteiger partial charge in [0.2, 0.25) is 0 Å². The molecule has 2 atom stereocenters. The highest BCUT2D eigenvalue weighted by atomic mass is 79.9. The van der Waals surface area contributed by atoms with Gasteiger partial charge in [-0.1, -0.05) is 30.0 Å². The van der Waals surface area contributed by atoms with Gasteiger partial charge in [-0.05, 0) is 40.7 Å². The molecule has 1 aromatic heterocycles. The molecular weight excluding hydrogens is 445 g/mol. The summed E-state index contributed by atoms with van der Waals surface area (Å²) in [5, 5.41) is 5.65. The Morgan fingerprint density at radius 2 is 2.22 bits per heavy atom. The maximum Gasteiger partial charge on any atom is 0.293 e. The summed E-state index contributed by atoms with van der Waals surface area (Å²) in [4.78, 5) is 31.7. The highest BCUT2D eigenvalue weighted by Crippen LogP contribution is 2.47. The SMILES string of the molecule is O=C[B]N1CC2CSC(NC(=O)c3ccccc3)=NC2(c2cc(Br)cs2)C1. The van der Waals surface area contributed by atoms with Crippen LogP contribution in [0.3, 0.4) is 0 Å². The Kier molecular flexibility index (Phi) is 5.54. The molecule has 4 rings (SSSR count). The number of benzene rings is 1. The standard InChI is InChI=1S/C18H16BBrN3O2S2/c20-14-6-15(26-9-14)18-10-23(19-11-24)7-13(18)8-27-17(22-18)21-16(25)12-4-2-1-3-5-12/h1-6,9,11,13H,7-8,10H2,(H,21,22,25).